The van der Waals surface area contributed by atoms with E-state index >= 15 is 0 Å². The third-order valence-corrected chi connectivity index (χ3v) is 2.94. The van der Waals surface area contributed by atoms with Gasteiger partial charge in [-0.1, -0.05) is 30.3 Å². The highest BCUT2D eigenvalue weighted by molar-refractivity contribution is 6.09. The minimum atomic E-state index is -0.483. The molecule has 0 radical (unpaired) electrons. The molecule has 23 heavy (non-hydrogen) atoms. The normalized spacial score (nSPS) is 10.5. The van der Waals surface area contributed by atoms with Crippen LogP contribution < -0.4 is 10.6 Å². The van der Waals surface area contributed by atoms with E-state index in [1.165, 1.54) is 13.0 Å². The van der Waals surface area contributed by atoms with Crippen molar-refractivity contribution in [2.75, 3.05) is 10.6 Å². The van der Waals surface area contributed by atoms with Crippen LogP contribution in [0.5, 0.6) is 0 Å². The second-order valence-corrected chi connectivity index (χ2v) is 4.79. The maximum absolute atomic E-state index is 12.1. The van der Waals surface area contributed by atoms with E-state index in [-0.39, 0.29) is 11.5 Å². The third-order valence-electron chi connectivity index (χ3n) is 2.94. The van der Waals surface area contributed by atoms with Crippen LogP contribution in [0, 0.1) is 11.3 Å². The Morgan fingerprint density at radius 3 is 2.04 bits per heavy atom. The SMILES string of the molecule is CC(=O)Nc1ccc(NC(=O)C(C#N)=Cc2ccccc2)cc1. The number of nitrogens with zero attached hydrogens (tertiary/aromatic N) is 1. The van der Waals surface area contributed by atoms with Gasteiger partial charge in [0.2, 0.25) is 5.91 Å². The molecule has 0 aromatic heterocycles. The van der Waals surface area contributed by atoms with Crippen molar-refractivity contribution in [3.63, 3.8) is 0 Å². The average Bonchev–Trinajstić information content (AvgIpc) is 2.55. The molecule has 2 aromatic rings. The van der Waals surface area contributed by atoms with Crippen LogP contribution in [-0.4, -0.2) is 11.8 Å². The van der Waals surface area contributed by atoms with Crippen molar-refractivity contribution in [2.45, 2.75) is 6.92 Å². The quantitative estimate of drug-likeness (QED) is 0.672. The smallest absolute Gasteiger partial charge is 0.266 e. The lowest BCUT2D eigenvalue weighted by Crippen LogP contribution is -2.13. The number of carbonyl (C=O) groups excluding carboxylic acids is 2. The lowest BCUT2D eigenvalue weighted by molar-refractivity contribution is -0.114. The number of rotatable bonds is 4. The molecule has 5 heteroatoms. The highest BCUT2D eigenvalue weighted by Crippen LogP contribution is 2.15. The van der Waals surface area contributed by atoms with Gasteiger partial charge in [-0.2, -0.15) is 5.26 Å². The van der Waals surface area contributed by atoms with Gasteiger partial charge >= 0.3 is 0 Å². The average molecular weight is 305 g/mol. The highest BCUT2D eigenvalue weighted by Gasteiger charge is 2.09. The summed E-state index contributed by atoms with van der Waals surface area (Å²) < 4.78 is 0. The first-order valence-electron chi connectivity index (χ1n) is 6.94. The summed E-state index contributed by atoms with van der Waals surface area (Å²) in [7, 11) is 0. The summed E-state index contributed by atoms with van der Waals surface area (Å²) in [6.07, 6.45) is 1.53. The van der Waals surface area contributed by atoms with E-state index in [9.17, 15) is 9.59 Å². The van der Waals surface area contributed by atoms with Crippen molar-refractivity contribution >= 4 is 29.3 Å². The van der Waals surface area contributed by atoms with E-state index in [1.54, 1.807) is 24.3 Å². The Kier molecular flexibility index (Phi) is 5.26. The Morgan fingerprint density at radius 2 is 1.52 bits per heavy atom. The standard InChI is InChI=1S/C18H15N3O2/c1-13(22)20-16-7-9-17(10-8-16)21-18(23)15(12-19)11-14-5-3-2-4-6-14/h2-11H,1H3,(H,20,22)(H,21,23). The van der Waals surface area contributed by atoms with Gasteiger partial charge < -0.3 is 10.6 Å². The van der Waals surface area contributed by atoms with Crippen molar-refractivity contribution in [3.05, 3.63) is 65.7 Å². The minimum Gasteiger partial charge on any atom is -0.326 e. The summed E-state index contributed by atoms with van der Waals surface area (Å²) in [6, 6.07) is 17.7. The molecule has 0 heterocycles. The number of anilines is 2. The molecule has 0 saturated heterocycles. The van der Waals surface area contributed by atoms with Crippen LogP contribution in [0.15, 0.2) is 60.2 Å². The van der Waals surface area contributed by atoms with Crippen LogP contribution in [0.2, 0.25) is 0 Å². The molecule has 0 atom stereocenters. The van der Waals surface area contributed by atoms with E-state index < -0.39 is 5.91 Å². The fraction of sp³-hybridized carbons (Fsp3) is 0.0556. The van der Waals surface area contributed by atoms with Gasteiger partial charge in [0.1, 0.15) is 11.6 Å². The first-order valence-corrected chi connectivity index (χ1v) is 6.94. The zero-order valence-electron chi connectivity index (χ0n) is 12.5. The lowest BCUT2D eigenvalue weighted by Gasteiger charge is -2.06. The van der Waals surface area contributed by atoms with Gasteiger partial charge in [-0.3, -0.25) is 9.59 Å². The molecular formula is C18H15N3O2. The van der Waals surface area contributed by atoms with E-state index in [0.29, 0.717) is 11.4 Å². The van der Waals surface area contributed by atoms with Crippen LogP contribution in [0.4, 0.5) is 11.4 Å². The third kappa shape index (κ3) is 4.83. The number of carbonyl (C=O) groups is 2. The largest absolute Gasteiger partial charge is 0.326 e. The van der Waals surface area contributed by atoms with Crippen LogP contribution in [0.3, 0.4) is 0 Å². The molecule has 2 N–H and O–H groups in total. The first kappa shape index (κ1) is 16.0. The Labute approximate surface area is 134 Å². The number of nitriles is 1. The topological polar surface area (TPSA) is 82.0 Å². The van der Waals surface area contributed by atoms with Gasteiger partial charge in [0.25, 0.3) is 5.91 Å². The van der Waals surface area contributed by atoms with Gasteiger partial charge in [-0.15, -0.1) is 0 Å². The van der Waals surface area contributed by atoms with Gasteiger partial charge in [0.15, 0.2) is 0 Å². The molecule has 5 nitrogen and oxygen atoms in total. The molecule has 2 amide bonds. The van der Waals surface area contributed by atoms with Crippen molar-refractivity contribution in [1.29, 1.82) is 5.26 Å². The number of hydrogen-bond donors (Lipinski definition) is 2. The number of nitrogens with one attached hydrogen (secondary N) is 2. The maximum atomic E-state index is 12.1. The lowest BCUT2D eigenvalue weighted by atomic mass is 10.1. The molecule has 0 aliphatic carbocycles. The second-order valence-electron chi connectivity index (χ2n) is 4.79. The summed E-state index contributed by atoms with van der Waals surface area (Å²) in [5, 5.41) is 14.4. The van der Waals surface area contributed by atoms with Crippen molar-refractivity contribution < 1.29 is 9.59 Å². The zero-order chi connectivity index (χ0) is 16.7. The highest BCUT2D eigenvalue weighted by atomic mass is 16.2. The Bertz CT molecular complexity index is 772. The maximum Gasteiger partial charge on any atom is 0.266 e. The predicted molar refractivity (Wildman–Crippen MR) is 89.4 cm³/mol. The van der Waals surface area contributed by atoms with Gasteiger partial charge in [0, 0.05) is 18.3 Å². The second kappa shape index (κ2) is 7.57. The summed E-state index contributed by atoms with van der Waals surface area (Å²) in [4.78, 5) is 23.1. The molecule has 2 rings (SSSR count). The molecule has 0 unspecified atom stereocenters. The van der Waals surface area contributed by atoms with Gasteiger partial charge in [0.05, 0.1) is 0 Å². The monoisotopic (exact) mass is 305 g/mol. The Hall–Kier alpha value is -3.39. The fourth-order valence-electron chi connectivity index (χ4n) is 1.90. The summed E-state index contributed by atoms with van der Waals surface area (Å²) in [6.45, 7) is 1.42. The summed E-state index contributed by atoms with van der Waals surface area (Å²) >= 11 is 0. The number of benzene rings is 2. The first-order chi connectivity index (χ1) is 11.1. The van der Waals surface area contributed by atoms with Crippen molar-refractivity contribution in [2.24, 2.45) is 0 Å². The molecule has 0 spiro atoms. The van der Waals surface area contributed by atoms with Crippen LogP contribution >= 0.6 is 0 Å². The predicted octanol–water partition coefficient (Wildman–Crippen LogP) is 3.19. The molecular weight excluding hydrogens is 290 g/mol. The van der Waals surface area contributed by atoms with Gasteiger partial charge in [-0.25, -0.2) is 0 Å². The molecule has 0 aliphatic rings. The van der Waals surface area contributed by atoms with Crippen LogP contribution in [-0.2, 0) is 9.59 Å². The van der Waals surface area contributed by atoms with E-state index in [2.05, 4.69) is 10.6 Å². The van der Waals surface area contributed by atoms with E-state index in [1.807, 2.05) is 36.4 Å². The van der Waals surface area contributed by atoms with Crippen LogP contribution in [0.25, 0.3) is 6.08 Å². The Morgan fingerprint density at radius 1 is 0.957 bits per heavy atom. The molecule has 2 aromatic carbocycles. The summed E-state index contributed by atoms with van der Waals surface area (Å²) in [5.41, 5.74) is 1.97. The van der Waals surface area contributed by atoms with Gasteiger partial charge in [-0.05, 0) is 35.9 Å². The minimum absolute atomic E-state index is 0.0159. The molecule has 0 bridgehead atoms. The van der Waals surface area contributed by atoms with Crippen molar-refractivity contribution in [1.82, 2.24) is 0 Å². The van der Waals surface area contributed by atoms with E-state index in [4.69, 9.17) is 5.26 Å². The molecule has 0 aliphatic heterocycles. The van der Waals surface area contributed by atoms with Crippen molar-refractivity contribution in [3.8, 4) is 6.07 Å². The molecule has 0 saturated carbocycles. The summed E-state index contributed by atoms with van der Waals surface area (Å²) in [5.74, 6) is -0.650. The fourth-order valence-corrected chi connectivity index (χ4v) is 1.90. The molecule has 0 fully saturated rings. The zero-order valence-corrected chi connectivity index (χ0v) is 12.5. The van der Waals surface area contributed by atoms with Crippen LogP contribution in [0.1, 0.15) is 12.5 Å². The number of amides is 2. The van der Waals surface area contributed by atoms with E-state index in [0.717, 1.165) is 5.56 Å². The molecule has 114 valence electrons. The number of hydrogen-bond acceptors (Lipinski definition) is 3. The Balaban J connectivity index is 2.09.